The molecule has 0 heterocycles. The van der Waals surface area contributed by atoms with Gasteiger partial charge in [0, 0.05) is 0 Å². The predicted molar refractivity (Wildman–Crippen MR) is 79.0 cm³/mol. The van der Waals surface area contributed by atoms with E-state index in [1.807, 2.05) is 0 Å². The Labute approximate surface area is 123 Å². The second-order valence-electron chi connectivity index (χ2n) is 4.83. The van der Waals surface area contributed by atoms with Crippen LogP contribution < -0.4 is 4.72 Å². The molecule has 6 heteroatoms. The molecule has 0 aliphatic carbocycles. The zero-order valence-electron chi connectivity index (χ0n) is 11.7. The van der Waals surface area contributed by atoms with Crippen LogP contribution in [-0.2, 0) is 10.0 Å². The molecule has 1 atom stereocenters. The van der Waals surface area contributed by atoms with Gasteiger partial charge in [-0.15, -0.1) is 0 Å². The number of aliphatic hydroxyl groups is 1. The first kappa shape index (κ1) is 15.5. The van der Waals surface area contributed by atoms with E-state index in [9.17, 15) is 17.9 Å². The van der Waals surface area contributed by atoms with E-state index in [0.717, 1.165) is 5.56 Å². The molecule has 0 aromatic heterocycles. The molecule has 0 saturated carbocycles. The number of aryl methyl sites for hydroxylation is 1. The Kier molecular flexibility index (Phi) is 4.29. The Morgan fingerprint density at radius 3 is 2.33 bits per heavy atom. The smallest absolute Gasteiger partial charge is 0.261 e. The van der Waals surface area contributed by atoms with Crippen molar-refractivity contribution in [3.05, 3.63) is 59.4 Å². The molecule has 0 fully saturated rings. The van der Waals surface area contributed by atoms with Crippen LogP contribution in [0.25, 0.3) is 0 Å². The van der Waals surface area contributed by atoms with Gasteiger partial charge in [-0.05, 0) is 49.2 Å². The average molecular weight is 309 g/mol. The van der Waals surface area contributed by atoms with Gasteiger partial charge in [0.2, 0.25) is 0 Å². The van der Waals surface area contributed by atoms with Gasteiger partial charge in [-0.2, -0.15) is 0 Å². The third-order valence-corrected chi connectivity index (χ3v) is 4.42. The molecule has 21 heavy (non-hydrogen) atoms. The normalized spacial score (nSPS) is 13.0. The summed E-state index contributed by atoms with van der Waals surface area (Å²) in [6.45, 7) is 3.33. The summed E-state index contributed by atoms with van der Waals surface area (Å²) in [5.74, 6) is -0.634. The van der Waals surface area contributed by atoms with Gasteiger partial charge in [-0.1, -0.05) is 18.2 Å². The van der Waals surface area contributed by atoms with Crippen molar-refractivity contribution in [2.24, 2.45) is 0 Å². The van der Waals surface area contributed by atoms with Crippen molar-refractivity contribution < 1.29 is 17.9 Å². The van der Waals surface area contributed by atoms with E-state index in [1.165, 1.54) is 36.4 Å². The minimum Gasteiger partial charge on any atom is -0.389 e. The lowest BCUT2D eigenvalue weighted by Gasteiger charge is -2.11. The van der Waals surface area contributed by atoms with Gasteiger partial charge in [-0.25, -0.2) is 12.8 Å². The summed E-state index contributed by atoms with van der Waals surface area (Å²) in [5, 5.41) is 9.40. The van der Waals surface area contributed by atoms with Gasteiger partial charge in [0.05, 0.1) is 16.7 Å². The van der Waals surface area contributed by atoms with Gasteiger partial charge in [0.15, 0.2) is 0 Å². The van der Waals surface area contributed by atoms with Crippen molar-refractivity contribution in [3.8, 4) is 0 Å². The molecule has 0 saturated heterocycles. The minimum atomic E-state index is -3.87. The van der Waals surface area contributed by atoms with E-state index in [2.05, 4.69) is 4.72 Å². The predicted octanol–water partition coefficient (Wildman–Crippen LogP) is 2.99. The Morgan fingerprint density at radius 2 is 1.76 bits per heavy atom. The summed E-state index contributed by atoms with van der Waals surface area (Å²) in [5.41, 5.74) is 1.27. The van der Waals surface area contributed by atoms with Crippen LogP contribution in [0.5, 0.6) is 0 Å². The van der Waals surface area contributed by atoms with E-state index >= 15 is 0 Å². The first-order chi connectivity index (χ1) is 9.79. The molecule has 2 rings (SSSR count). The Balaban J connectivity index is 2.31. The number of hydrogen-bond donors (Lipinski definition) is 2. The lowest BCUT2D eigenvalue weighted by atomic mass is 10.1. The third-order valence-electron chi connectivity index (χ3n) is 3.04. The molecule has 1 unspecified atom stereocenters. The number of anilines is 1. The van der Waals surface area contributed by atoms with Gasteiger partial charge >= 0.3 is 0 Å². The second kappa shape index (κ2) is 5.83. The lowest BCUT2D eigenvalue weighted by Crippen LogP contribution is -2.14. The van der Waals surface area contributed by atoms with Crippen LogP contribution in [0.1, 0.15) is 24.2 Å². The summed E-state index contributed by atoms with van der Waals surface area (Å²) in [6.07, 6.45) is -0.677. The Hall–Kier alpha value is -1.92. The molecule has 0 amide bonds. The SMILES string of the molecule is Cc1ccc(F)c(NS(=O)(=O)c2ccc(C(C)O)cc2)c1. The summed E-state index contributed by atoms with van der Waals surface area (Å²) in [6, 6.07) is 9.99. The van der Waals surface area contributed by atoms with Crippen LogP contribution in [0.15, 0.2) is 47.4 Å². The van der Waals surface area contributed by atoms with Crippen LogP contribution in [0.2, 0.25) is 0 Å². The van der Waals surface area contributed by atoms with Crippen LogP contribution in [0.4, 0.5) is 10.1 Å². The molecule has 4 nitrogen and oxygen atoms in total. The first-order valence-electron chi connectivity index (χ1n) is 6.36. The van der Waals surface area contributed by atoms with E-state index < -0.39 is 21.9 Å². The first-order valence-corrected chi connectivity index (χ1v) is 7.85. The number of hydrogen-bond acceptors (Lipinski definition) is 3. The number of rotatable bonds is 4. The molecule has 2 aromatic rings. The van der Waals surface area contributed by atoms with E-state index in [-0.39, 0.29) is 10.6 Å². The maximum Gasteiger partial charge on any atom is 0.261 e. The highest BCUT2D eigenvalue weighted by atomic mass is 32.2. The zero-order chi connectivity index (χ0) is 15.6. The molecule has 112 valence electrons. The molecule has 0 bridgehead atoms. The average Bonchev–Trinajstić information content (AvgIpc) is 2.43. The topological polar surface area (TPSA) is 66.4 Å². The monoisotopic (exact) mass is 309 g/mol. The van der Waals surface area contributed by atoms with Gasteiger partial charge < -0.3 is 5.11 Å². The van der Waals surface area contributed by atoms with Crippen molar-refractivity contribution in [1.29, 1.82) is 0 Å². The van der Waals surface area contributed by atoms with Crippen molar-refractivity contribution in [1.82, 2.24) is 0 Å². The highest BCUT2D eigenvalue weighted by molar-refractivity contribution is 7.92. The van der Waals surface area contributed by atoms with Crippen molar-refractivity contribution in [2.45, 2.75) is 24.8 Å². The molecular weight excluding hydrogens is 293 g/mol. The Morgan fingerprint density at radius 1 is 1.14 bits per heavy atom. The quantitative estimate of drug-likeness (QED) is 0.912. The summed E-state index contributed by atoms with van der Waals surface area (Å²) in [4.78, 5) is 0.00723. The molecule has 0 spiro atoms. The van der Waals surface area contributed by atoms with Crippen molar-refractivity contribution >= 4 is 15.7 Å². The van der Waals surface area contributed by atoms with E-state index in [1.54, 1.807) is 19.9 Å². The Bertz CT molecular complexity index is 740. The summed E-state index contributed by atoms with van der Waals surface area (Å²) in [7, 11) is -3.87. The largest absolute Gasteiger partial charge is 0.389 e. The van der Waals surface area contributed by atoms with Crippen LogP contribution >= 0.6 is 0 Å². The molecule has 0 aliphatic rings. The van der Waals surface area contributed by atoms with E-state index in [0.29, 0.717) is 5.56 Å². The fraction of sp³-hybridized carbons (Fsp3) is 0.200. The van der Waals surface area contributed by atoms with E-state index in [4.69, 9.17) is 0 Å². The van der Waals surface area contributed by atoms with Gasteiger partial charge in [-0.3, -0.25) is 4.72 Å². The molecular formula is C15H16FNO3S. The van der Waals surface area contributed by atoms with Crippen molar-refractivity contribution in [2.75, 3.05) is 4.72 Å². The fourth-order valence-electron chi connectivity index (χ4n) is 1.85. The van der Waals surface area contributed by atoms with Crippen LogP contribution in [-0.4, -0.2) is 13.5 Å². The second-order valence-corrected chi connectivity index (χ2v) is 6.52. The van der Waals surface area contributed by atoms with Crippen molar-refractivity contribution in [3.63, 3.8) is 0 Å². The standard InChI is InChI=1S/C15H16FNO3S/c1-10-3-8-14(16)15(9-10)17-21(19,20)13-6-4-12(5-7-13)11(2)18/h3-9,11,17-18H,1-2H3. The number of benzene rings is 2. The number of nitrogens with one attached hydrogen (secondary N) is 1. The lowest BCUT2D eigenvalue weighted by molar-refractivity contribution is 0.199. The van der Waals surface area contributed by atoms with Gasteiger partial charge in [0.1, 0.15) is 5.82 Å². The number of aliphatic hydroxyl groups excluding tert-OH is 1. The van der Waals surface area contributed by atoms with Gasteiger partial charge in [0.25, 0.3) is 10.0 Å². The third kappa shape index (κ3) is 3.59. The van der Waals surface area contributed by atoms with Crippen LogP contribution in [0, 0.1) is 12.7 Å². The maximum atomic E-state index is 13.6. The highest BCUT2D eigenvalue weighted by Crippen LogP contribution is 2.21. The summed E-state index contributed by atoms with van der Waals surface area (Å²) < 4.78 is 40.3. The molecule has 0 aliphatic heterocycles. The van der Waals surface area contributed by atoms with Crippen LogP contribution in [0.3, 0.4) is 0 Å². The molecule has 2 N–H and O–H groups in total. The number of halogens is 1. The maximum absolute atomic E-state index is 13.6. The zero-order valence-corrected chi connectivity index (χ0v) is 12.5. The molecule has 2 aromatic carbocycles. The number of sulfonamides is 1. The minimum absolute atomic E-state index is 0.00723. The molecule has 0 radical (unpaired) electrons. The highest BCUT2D eigenvalue weighted by Gasteiger charge is 2.16. The fourth-order valence-corrected chi connectivity index (χ4v) is 2.90. The summed E-state index contributed by atoms with van der Waals surface area (Å²) >= 11 is 0.